The summed E-state index contributed by atoms with van der Waals surface area (Å²) in [6.45, 7) is 3.57. The van der Waals surface area contributed by atoms with Crippen LogP contribution in [0.2, 0.25) is 0 Å². The van der Waals surface area contributed by atoms with Gasteiger partial charge >= 0.3 is 0 Å². The first-order valence-electron chi connectivity index (χ1n) is 10.1. The van der Waals surface area contributed by atoms with Gasteiger partial charge < -0.3 is 24.3 Å². The second-order valence-electron chi connectivity index (χ2n) is 8.40. The Balaban J connectivity index is 1.56. The van der Waals surface area contributed by atoms with Crippen LogP contribution in [0.25, 0.3) is 0 Å². The van der Waals surface area contributed by atoms with Crippen molar-refractivity contribution < 1.29 is 32.2 Å². The number of benzene rings is 2. The Kier molecular flexibility index (Phi) is 5.58. The van der Waals surface area contributed by atoms with Crippen LogP contribution in [0, 0.1) is 0 Å². The van der Waals surface area contributed by atoms with Gasteiger partial charge in [-0.2, -0.15) is 0 Å². The summed E-state index contributed by atoms with van der Waals surface area (Å²) in [5.74, 6) is 1.81. The maximum atomic E-state index is 13.0. The first kappa shape index (κ1) is 22.1. The lowest BCUT2D eigenvalue weighted by atomic mass is 9.89. The Morgan fingerprint density at radius 3 is 2.62 bits per heavy atom. The molecule has 2 aliphatic heterocycles. The molecule has 0 aliphatic carbocycles. The van der Waals surface area contributed by atoms with Gasteiger partial charge in [-0.25, -0.2) is 8.42 Å². The first-order valence-corrected chi connectivity index (χ1v) is 11.9. The fourth-order valence-electron chi connectivity index (χ4n) is 3.90. The number of amides is 1. The molecule has 2 aromatic rings. The molecular formula is C22H26N2O7S. The zero-order valence-corrected chi connectivity index (χ0v) is 19.2. The van der Waals surface area contributed by atoms with Crippen molar-refractivity contribution in [3.05, 3.63) is 42.0 Å². The number of sulfonamides is 1. The molecule has 1 N–H and O–H groups in total. The fraction of sp³-hybridized carbons (Fsp3) is 0.409. The molecule has 0 bridgehead atoms. The van der Waals surface area contributed by atoms with E-state index in [0.717, 1.165) is 16.1 Å². The minimum Gasteiger partial charge on any atom is -0.497 e. The zero-order chi connectivity index (χ0) is 23.1. The van der Waals surface area contributed by atoms with Gasteiger partial charge in [-0.15, -0.1) is 0 Å². The van der Waals surface area contributed by atoms with E-state index in [4.69, 9.17) is 18.9 Å². The molecule has 0 radical (unpaired) electrons. The number of methoxy groups -OCH3 is 1. The SMILES string of the molecule is COc1ccc2c(c1)OC(C)(C)CC2NC(=O)CN(c1ccc2c(c1)OCO2)S(C)(=O)=O. The van der Waals surface area contributed by atoms with E-state index in [1.165, 1.54) is 0 Å². The molecular weight excluding hydrogens is 436 g/mol. The van der Waals surface area contributed by atoms with E-state index in [1.54, 1.807) is 37.4 Å². The number of nitrogens with zero attached hydrogens (tertiary/aromatic N) is 1. The minimum atomic E-state index is -3.73. The van der Waals surface area contributed by atoms with Crippen molar-refractivity contribution in [1.29, 1.82) is 0 Å². The van der Waals surface area contributed by atoms with Gasteiger partial charge in [0, 0.05) is 24.1 Å². The van der Waals surface area contributed by atoms with Crippen LogP contribution >= 0.6 is 0 Å². The lowest BCUT2D eigenvalue weighted by molar-refractivity contribution is -0.120. The molecule has 172 valence electrons. The van der Waals surface area contributed by atoms with Gasteiger partial charge in [-0.3, -0.25) is 9.10 Å². The molecule has 10 heteroatoms. The van der Waals surface area contributed by atoms with Gasteiger partial charge in [-0.1, -0.05) is 0 Å². The van der Waals surface area contributed by atoms with Crippen LogP contribution in [0.1, 0.15) is 31.9 Å². The second kappa shape index (κ2) is 8.09. The van der Waals surface area contributed by atoms with Crippen LogP contribution < -0.4 is 28.6 Å². The summed E-state index contributed by atoms with van der Waals surface area (Å²) >= 11 is 0. The van der Waals surface area contributed by atoms with E-state index in [0.29, 0.717) is 35.1 Å². The molecule has 0 spiro atoms. The van der Waals surface area contributed by atoms with Gasteiger partial charge in [0.2, 0.25) is 22.7 Å². The molecule has 1 atom stereocenters. The highest BCUT2D eigenvalue weighted by atomic mass is 32.2. The van der Waals surface area contributed by atoms with Gasteiger partial charge in [0.05, 0.1) is 25.1 Å². The third-order valence-electron chi connectivity index (χ3n) is 5.35. The van der Waals surface area contributed by atoms with Crippen LogP contribution in [0.15, 0.2) is 36.4 Å². The Labute approximate surface area is 187 Å². The monoisotopic (exact) mass is 462 g/mol. The van der Waals surface area contributed by atoms with Gasteiger partial charge in [0.25, 0.3) is 0 Å². The second-order valence-corrected chi connectivity index (χ2v) is 10.3. The van der Waals surface area contributed by atoms with Crippen molar-refractivity contribution in [1.82, 2.24) is 5.32 Å². The first-order chi connectivity index (χ1) is 15.1. The minimum absolute atomic E-state index is 0.0713. The van der Waals surface area contributed by atoms with E-state index in [9.17, 15) is 13.2 Å². The fourth-order valence-corrected chi connectivity index (χ4v) is 4.75. The van der Waals surface area contributed by atoms with Crippen LogP contribution in [-0.4, -0.2) is 46.6 Å². The van der Waals surface area contributed by atoms with E-state index in [-0.39, 0.29) is 19.4 Å². The normalized spacial score (nSPS) is 18.3. The standard InChI is InChI=1S/C22H26N2O7S/c1-22(2)11-17(16-7-6-15(28-3)10-19(16)31-22)23-21(25)12-24(32(4,26)27)14-5-8-18-20(9-14)30-13-29-18/h5-10,17H,11-13H2,1-4H3,(H,23,25). The molecule has 1 amide bonds. The molecule has 9 nitrogen and oxygen atoms in total. The lowest BCUT2D eigenvalue weighted by Gasteiger charge is -2.38. The molecule has 0 aromatic heterocycles. The molecule has 2 aromatic carbocycles. The summed E-state index contributed by atoms with van der Waals surface area (Å²) in [6.07, 6.45) is 1.59. The number of nitrogens with one attached hydrogen (secondary N) is 1. The van der Waals surface area contributed by atoms with Crippen molar-refractivity contribution in [3.8, 4) is 23.0 Å². The number of ether oxygens (including phenoxy) is 4. The highest BCUT2D eigenvalue weighted by Crippen LogP contribution is 2.41. The number of hydrogen-bond acceptors (Lipinski definition) is 7. The molecule has 0 saturated heterocycles. The topological polar surface area (TPSA) is 103 Å². The number of fused-ring (bicyclic) bond motifs is 2. The van der Waals surface area contributed by atoms with Crippen molar-refractivity contribution in [3.63, 3.8) is 0 Å². The molecule has 2 aliphatic rings. The summed E-state index contributed by atoms with van der Waals surface area (Å²) < 4.78 is 47.9. The van der Waals surface area contributed by atoms with Crippen LogP contribution in [0.4, 0.5) is 5.69 Å². The number of hydrogen-bond donors (Lipinski definition) is 1. The van der Waals surface area contributed by atoms with E-state index in [1.807, 2.05) is 19.9 Å². The maximum Gasteiger partial charge on any atom is 0.241 e. The quantitative estimate of drug-likeness (QED) is 0.704. The Bertz CT molecular complexity index is 1150. The highest BCUT2D eigenvalue weighted by Gasteiger charge is 2.35. The number of rotatable bonds is 6. The van der Waals surface area contributed by atoms with Crippen molar-refractivity contribution in [2.75, 3.05) is 31.0 Å². The Morgan fingerprint density at radius 1 is 1.16 bits per heavy atom. The van der Waals surface area contributed by atoms with Gasteiger partial charge in [0.1, 0.15) is 23.6 Å². The van der Waals surface area contributed by atoms with Crippen molar-refractivity contribution in [2.24, 2.45) is 0 Å². The van der Waals surface area contributed by atoms with Gasteiger partial charge in [-0.05, 0) is 38.1 Å². The van der Waals surface area contributed by atoms with Crippen LogP contribution in [0.5, 0.6) is 23.0 Å². The Morgan fingerprint density at radius 2 is 1.91 bits per heavy atom. The van der Waals surface area contributed by atoms with E-state index < -0.39 is 21.5 Å². The van der Waals surface area contributed by atoms with E-state index >= 15 is 0 Å². The van der Waals surface area contributed by atoms with Crippen molar-refractivity contribution in [2.45, 2.75) is 31.9 Å². The summed E-state index contributed by atoms with van der Waals surface area (Å²) in [6, 6.07) is 9.85. The molecule has 0 saturated carbocycles. The molecule has 2 heterocycles. The van der Waals surface area contributed by atoms with E-state index in [2.05, 4.69) is 5.32 Å². The van der Waals surface area contributed by atoms with Crippen LogP contribution in [0.3, 0.4) is 0 Å². The Hall–Kier alpha value is -3.14. The smallest absolute Gasteiger partial charge is 0.241 e. The predicted octanol–water partition coefficient (Wildman–Crippen LogP) is 2.61. The predicted molar refractivity (Wildman–Crippen MR) is 118 cm³/mol. The summed E-state index contributed by atoms with van der Waals surface area (Å²) in [5.41, 5.74) is 0.613. The average Bonchev–Trinajstić information content (AvgIpc) is 3.17. The number of anilines is 1. The number of carbonyl (C=O) groups excluding carboxylic acids is 1. The van der Waals surface area contributed by atoms with Gasteiger partial charge in [0.15, 0.2) is 11.5 Å². The van der Waals surface area contributed by atoms with Crippen molar-refractivity contribution >= 4 is 21.6 Å². The summed E-state index contributed by atoms with van der Waals surface area (Å²) in [4.78, 5) is 13.0. The molecule has 4 rings (SSSR count). The average molecular weight is 463 g/mol. The third-order valence-corrected chi connectivity index (χ3v) is 6.49. The summed E-state index contributed by atoms with van der Waals surface area (Å²) in [5, 5.41) is 2.97. The molecule has 0 fully saturated rings. The lowest BCUT2D eigenvalue weighted by Crippen LogP contribution is -2.45. The molecule has 1 unspecified atom stereocenters. The van der Waals surface area contributed by atoms with Crippen LogP contribution in [-0.2, 0) is 14.8 Å². The number of carbonyl (C=O) groups is 1. The summed E-state index contributed by atoms with van der Waals surface area (Å²) in [7, 11) is -2.15. The largest absolute Gasteiger partial charge is 0.497 e. The highest BCUT2D eigenvalue weighted by molar-refractivity contribution is 7.92. The third kappa shape index (κ3) is 4.55. The zero-order valence-electron chi connectivity index (χ0n) is 18.4. The molecule has 32 heavy (non-hydrogen) atoms. The maximum absolute atomic E-state index is 13.0.